The number of carbonyl (C=O) groups excluding carboxylic acids is 1. The summed E-state index contributed by atoms with van der Waals surface area (Å²) in [5, 5.41) is 2.93. The van der Waals surface area contributed by atoms with Crippen LogP contribution < -0.4 is 9.62 Å². The van der Waals surface area contributed by atoms with Gasteiger partial charge in [-0.05, 0) is 29.8 Å². The van der Waals surface area contributed by atoms with Crippen molar-refractivity contribution in [1.29, 1.82) is 0 Å². The van der Waals surface area contributed by atoms with E-state index in [1.165, 1.54) is 12.1 Å². The van der Waals surface area contributed by atoms with E-state index in [1.807, 2.05) is 6.07 Å². The van der Waals surface area contributed by atoms with E-state index in [-0.39, 0.29) is 15.7 Å². The molecule has 0 spiro atoms. The summed E-state index contributed by atoms with van der Waals surface area (Å²) in [5.41, 5.74) is 1.56. The fraction of sp³-hybridized carbons (Fsp3) is 0.235. The lowest BCUT2D eigenvalue weighted by atomic mass is 10.2. The second-order valence-electron chi connectivity index (χ2n) is 5.52. The summed E-state index contributed by atoms with van der Waals surface area (Å²) in [6.45, 7) is -0.0370. The third kappa shape index (κ3) is 5.35. The minimum atomic E-state index is -3.75. The Bertz CT molecular complexity index is 903. The number of benzene rings is 2. The summed E-state index contributed by atoms with van der Waals surface area (Å²) in [7, 11) is -2.18. The van der Waals surface area contributed by atoms with Gasteiger partial charge in [0.25, 0.3) is 0 Å². The van der Waals surface area contributed by atoms with Gasteiger partial charge in [0, 0.05) is 12.8 Å². The Kier molecular flexibility index (Phi) is 6.88. The number of amides is 1. The number of ether oxygens (including phenoxy) is 1. The van der Waals surface area contributed by atoms with Gasteiger partial charge in [0.05, 0.1) is 28.6 Å². The Morgan fingerprint density at radius 1 is 1.19 bits per heavy atom. The highest BCUT2D eigenvalue weighted by molar-refractivity contribution is 7.92. The van der Waals surface area contributed by atoms with Gasteiger partial charge in [-0.15, -0.1) is 0 Å². The number of anilines is 2. The highest BCUT2D eigenvalue weighted by Crippen LogP contribution is 2.33. The van der Waals surface area contributed by atoms with Crippen molar-refractivity contribution >= 4 is 50.5 Å². The molecule has 2 aromatic rings. The zero-order chi connectivity index (χ0) is 19.3. The lowest BCUT2D eigenvalue weighted by Crippen LogP contribution is -2.37. The van der Waals surface area contributed by atoms with E-state index in [1.54, 1.807) is 31.4 Å². The monoisotopic (exact) mass is 416 g/mol. The van der Waals surface area contributed by atoms with Crippen LogP contribution in [0.3, 0.4) is 0 Å². The average Bonchev–Trinajstić information content (AvgIpc) is 2.55. The molecule has 0 atom stereocenters. The van der Waals surface area contributed by atoms with Crippen LogP contribution in [0.2, 0.25) is 10.0 Å². The molecule has 0 heterocycles. The number of rotatable bonds is 7. The van der Waals surface area contributed by atoms with Gasteiger partial charge in [0.15, 0.2) is 0 Å². The van der Waals surface area contributed by atoms with E-state index in [9.17, 15) is 13.2 Å². The Hall–Kier alpha value is -1.80. The highest BCUT2D eigenvalue weighted by Gasteiger charge is 2.24. The number of hydrogen-bond acceptors (Lipinski definition) is 4. The Balaban J connectivity index is 2.23. The number of nitrogens with one attached hydrogen (secondary N) is 1. The van der Waals surface area contributed by atoms with E-state index in [0.29, 0.717) is 12.3 Å². The molecule has 9 heteroatoms. The molecule has 0 saturated heterocycles. The molecule has 0 aromatic heterocycles. The quantitative estimate of drug-likeness (QED) is 0.748. The second kappa shape index (κ2) is 8.73. The average molecular weight is 417 g/mol. The predicted octanol–water partition coefficient (Wildman–Crippen LogP) is 3.54. The molecule has 0 radical (unpaired) electrons. The third-order valence-electron chi connectivity index (χ3n) is 3.41. The van der Waals surface area contributed by atoms with Crippen LogP contribution in [0.4, 0.5) is 11.4 Å². The molecule has 1 amide bonds. The fourth-order valence-electron chi connectivity index (χ4n) is 2.30. The van der Waals surface area contributed by atoms with Crippen molar-refractivity contribution in [2.75, 3.05) is 29.5 Å². The zero-order valence-electron chi connectivity index (χ0n) is 14.2. The highest BCUT2D eigenvalue weighted by atomic mass is 35.5. The molecule has 0 bridgehead atoms. The van der Waals surface area contributed by atoms with Crippen LogP contribution >= 0.6 is 23.2 Å². The molecule has 0 fully saturated rings. The van der Waals surface area contributed by atoms with Gasteiger partial charge in [-0.1, -0.05) is 41.4 Å². The normalized spacial score (nSPS) is 11.2. The van der Waals surface area contributed by atoms with Gasteiger partial charge < -0.3 is 10.1 Å². The molecule has 2 aromatic carbocycles. The van der Waals surface area contributed by atoms with Crippen molar-refractivity contribution in [2.24, 2.45) is 0 Å². The standard InChI is InChI=1S/C17H18Cl2N2O4S/c1-25-11-12-5-3-6-13(9-12)20-16(22)10-21(26(2,23)24)15-8-4-7-14(18)17(15)19/h3-9H,10-11H2,1-2H3,(H,20,22). The Labute approximate surface area is 162 Å². The molecule has 2 rings (SSSR count). The molecular weight excluding hydrogens is 399 g/mol. The van der Waals surface area contributed by atoms with Crippen LogP contribution in [0, 0.1) is 0 Å². The van der Waals surface area contributed by atoms with Gasteiger partial charge in [-0.3, -0.25) is 9.10 Å². The van der Waals surface area contributed by atoms with E-state index < -0.39 is 22.5 Å². The van der Waals surface area contributed by atoms with Gasteiger partial charge >= 0.3 is 0 Å². The van der Waals surface area contributed by atoms with E-state index in [2.05, 4.69) is 5.32 Å². The first-order chi connectivity index (χ1) is 12.2. The lowest BCUT2D eigenvalue weighted by Gasteiger charge is -2.23. The maximum atomic E-state index is 12.4. The molecule has 140 valence electrons. The Morgan fingerprint density at radius 2 is 1.88 bits per heavy atom. The van der Waals surface area contributed by atoms with Crippen molar-refractivity contribution in [3.8, 4) is 0 Å². The van der Waals surface area contributed by atoms with Crippen LogP contribution in [-0.4, -0.2) is 34.2 Å². The van der Waals surface area contributed by atoms with Gasteiger partial charge in [-0.2, -0.15) is 0 Å². The van der Waals surface area contributed by atoms with E-state index in [0.717, 1.165) is 16.1 Å². The largest absolute Gasteiger partial charge is 0.380 e. The Morgan fingerprint density at radius 3 is 2.54 bits per heavy atom. The van der Waals surface area contributed by atoms with Crippen molar-refractivity contribution in [2.45, 2.75) is 6.61 Å². The van der Waals surface area contributed by atoms with Gasteiger partial charge in [0.2, 0.25) is 15.9 Å². The number of methoxy groups -OCH3 is 1. The summed E-state index contributed by atoms with van der Waals surface area (Å²) >= 11 is 12.1. The number of hydrogen-bond donors (Lipinski definition) is 1. The fourth-order valence-corrected chi connectivity index (χ4v) is 3.61. The molecule has 0 aliphatic rings. The van der Waals surface area contributed by atoms with E-state index >= 15 is 0 Å². The van der Waals surface area contributed by atoms with Gasteiger partial charge in [-0.25, -0.2) is 8.42 Å². The molecule has 0 aliphatic heterocycles. The van der Waals surface area contributed by atoms with Crippen molar-refractivity contribution < 1.29 is 17.9 Å². The third-order valence-corrected chi connectivity index (χ3v) is 5.34. The van der Waals surface area contributed by atoms with Crippen LogP contribution in [0.15, 0.2) is 42.5 Å². The van der Waals surface area contributed by atoms with Crippen molar-refractivity contribution in [3.63, 3.8) is 0 Å². The number of nitrogens with zero attached hydrogens (tertiary/aromatic N) is 1. The second-order valence-corrected chi connectivity index (χ2v) is 8.22. The summed E-state index contributed by atoms with van der Waals surface area (Å²) in [4.78, 5) is 12.4. The SMILES string of the molecule is COCc1cccc(NC(=O)CN(c2cccc(Cl)c2Cl)S(C)(=O)=O)c1. The smallest absolute Gasteiger partial charge is 0.245 e. The van der Waals surface area contributed by atoms with Crippen LogP contribution in [-0.2, 0) is 26.2 Å². The first-order valence-corrected chi connectivity index (χ1v) is 10.1. The molecular formula is C17H18Cl2N2O4S. The molecule has 6 nitrogen and oxygen atoms in total. The maximum Gasteiger partial charge on any atom is 0.245 e. The molecule has 1 N–H and O–H groups in total. The zero-order valence-corrected chi connectivity index (χ0v) is 16.5. The number of halogens is 2. The van der Waals surface area contributed by atoms with Crippen LogP contribution in [0.25, 0.3) is 0 Å². The maximum absolute atomic E-state index is 12.4. The number of carbonyl (C=O) groups is 1. The van der Waals surface area contributed by atoms with Crippen molar-refractivity contribution in [1.82, 2.24) is 0 Å². The van der Waals surface area contributed by atoms with E-state index in [4.69, 9.17) is 27.9 Å². The van der Waals surface area contributed by atoms with Gasteiger partial charge in [0.1, 0.15) is 6.54 Å². The lowest BCUT2D eigenvalue weighted by molar-refractivity contribution is -0.114. The first-order valence-electron chi connectivity index (χ1n) is 7.52. The van der Waals surface area contributed by atoms with Crippen molar-refractivity contribution in [3.05, 3.63) is 58.1 Å². The summed E-state index contributed by atoms with van der Waals surface area (Å²) in [6.07, 6.45) is 0.997. The topological polar surface area (TPSA) is 75.7 Å². The minimum absolute atomic E-state index is 0.0643. The summed E-state index contributed by atoms with van der Waals surface area (Å²) in [5.74, 6) is -0.513. The summed E-state index contributed by atoms with van der Waals surface area (Å²) < 4.78 is 30.3. The van der Waals surface area contributed by atoms with Crippen LogP contribution in [0.5, 0.6) is 0 Å². The molecule has 0 unspecified atom stereocenters. The predicted molar refractivity (Wildman–Crippen MR) is 104 cm³/mol. The number of sulfonamides is 1. The molecule has 0 saturated carbocycles. The molecule has 0 aliphatic carbocycles. The molecule has 26 heavy (non-hydrogen) atoms. The van der Waals surface area contributed by atoms with Crippen LogP contribution in [0.1, 0.15) is 5.56 Å². The summed E-state index contributed by atoms with van der Waals surface area (Å²) in [6, 6.07) is 11.7. The minimum Gasteiger partial charge on any atom is -0.380 e. The first kappa shape index (κ1) is 20.5.